The quantitative estimate of drug-likeness (QED) is 0.507. The second kappa shape index (κ2) is 6.67. The van der Waals surface area contributed by atoms with Gasteiger partial charge >= 0.3 is 0 Å². The van der Waals surface area contributed by atoms with Crippen molar-refractivity contribution in [3.8, 4) is 0 Å². The van der Waals surface area contributed by atoms with Gasteiger partial charge in [0.15, 0.2) is 0 Å². The summed E-state index contributed by atoms with van der Waals surface area (Å²) < 4.78 is 0. The zero-order chi connectivity index (χ0) is 15.4. The first-order valence-electron chi connectivity index (χ1n) is 7.30. The smallest absolute Gasteiger partial charge is 0.270 e. The summed E-state index contributed by atoms with van der Waals surface area (Å²) >= 11 is 0. The minimum Gasteiger partial charge on any atom is -0.348 e. The summed E-state index contributed by atoms with van der Waals surface area (Å²) in [5.41, 5.74) is 7.10. The molecule has 3 N–H and O–H groups in total. The van der Waals surface area contributed by atoms with Crippen LogP contribution in [-0.2, 0) is 0 Å². The van der Waals surface area contributed by atoms with Crippen LogP contribution in [0.3, 0.4) is 0 Å². The lowest BCUT2D eigenvalue weighted by Gasteiger charge is -2.23. The number of carbonyl (C=O) groups is 1. The fraction of sp³-hybridized carbons (Fsp3) is 0.533. The summed E-state index contributed by atoms with van der Waals surface area (Å²) in [4.78, 5) is 22.7. The van der Waals surface area contributed by atoms with Gasteiger partial charge in [-0.15, -0.1) is 0 Å². The van der Waals surface area contributed by atoms with Crippen molar-refractivity contribution in [2.45, 2.75) is 51.1 Å². The van der Waals surface area contributed by atoms with Crippen molar-refractivity contribution in [1.29, 1.82) is 0 Å². The van der Waals surface area contributed by atoms with Crippen LogP contribution in [0.15, 0.2) is 18.2 Å². The number of amides is 1. The van der Waals surface area contributed by atoms with E-state index in [4.69, 9.17) is 5.73 Å². The number of benzene rings is 1. The van der Waals surface area contributed by atoms with Crippen molar-refractivity contribution in [3.63, 3.8) is 0 Å². The number of rotatable bonds is 3. The Labute approximate surface area is 123 Å². The van der Waals surface area contributed by atoms with Crippen LogP contribution < -0.4 is 11.1 Å². The Morgan fingerprint density at radius 2 is 2.05 bits per heavy atom. The van der Waals surface area contributed by atoms with Crippen LogP contribution in [0.4, 0.5) is 5.69 Å². The van der Waals surface area contributed by atoms with Crippen LogP contribution >= 0.6 is 0 Å². The van der Waals surface area contributed by atoms with E-state index < -0.39 is 4.92 Å². The van der Waals surface area contributed by atoms with Crippen molar-refractivity contribution in [2.75, 3.05) is 0 Å². The fourth-order valence-corrected chi connectivity index (χ4v) is 2.73. The Kier molecular flexibility index (Phi) is 4.90. The first kappa shape index (κ1) is 15.4. The van der Waals surface area contributed by atoms with Crippen LogP contribution in [0.2, 0.25) is 0 Å². The van der Waals surface area contributed by atoms with Crippen LogP contribution in [0, 0.1) is 17.0 Å². The number of nitrogens with zero attached hydrogens (tertiary/aromatic N) is 1. The Balaban J connectivity index is 2.15. The van der Waals surface area contributed by atoms with E-state index >= 15 is 0 Å². The molecule has 1 fully saturated rings. The number of nitrogens with one attached hydrogen (secondary N) is 1. The molecule has 0 spiro atoms. The lowest BCUT2D eigenvalue weighted by molar-refractivity contribution is -0.384. The Morgan fingerprint density at radius 3 is 2.76 bits per heavy atom. The van der Waals surface area contributed by atoms with Gasteiger partial charge in [-0.2, -0.15) is 0 Å². The first-order valence-corrected chi connectivity index (χ1v) is 7.30. The molecule has 21 heavy (non-hydrogen) atoms. The van der Waals surface area contributed by atoms with Gasteiger partial charge < -0.3 is 11.1 Å². The highest BCUT2D eigenvalue weighted by atomic mass is 16.6. The van der Waals surface area contributed by atoms with E-state index in [0.29, 0.717) is 5.56 Å². The van der Waals surface area contributed by atoms with Gasteiger partial charge in [-0.3, -0.25) is 14.9 Å². The average Bonchev–Trinajstić information content (AvgIpc) is 2.64. The summed E-state index contributed by atoms with van der Waals surface area (Å²) in [6.07, 6.45) is 5.03. The molecule has 114 valence electrons. The first-order chi connectivity index (χ1) is 9.99. The van der Waals surface area contributed by atoms with Crippen molar-refractivity contribution in [3.05, 3.63) is 39.4 Å². The van der Waals surface area contributed by atoms with Gasteiger partial charge in [-0.1, -0.05) is 25.3 Å². The third-order valence-electron chi connectivity index (χ3n) is 4.06. The molecule has 2 rings (SSSR count). The highest BCUT2D eigenvalue weighted by Gasteiger charge is 2.23. The SMILES string of the molecule is Cc1ccc([N+](=O)[O-])cc1C(=O)NC1CCCCCC1N. The van der Waals surface area contributed by atoms with Gasteiger partial charge in [-0.05, 0) is 25.3 Å². The second-order valence-electron chi connectivity index (χ2n) is 5.64. The van der Waals surface area contributed by atoms with Crippen molar-refractivity contribution >= 4 is 11.6 Å². The van der Waals surface area contributed by atoms with Crippen molar-refractivity contribution < 1.29 is 9.72 Å². The maximum atomic E-state index is 12.4. The van der Waals surface area contributed by atoms with Gasteiger partial charge in [0.1, 0.15) is 0 Å². The molecule has 6 heteroatoms. The van der Waals surface area contributed by atoms with E-state index in [1.54, 1.807) is 13.0 Å². The molecule has 0 saturated heterocycles. The summed E-state index contributed by atoms with van der Waals surface area (Å²) in [7, 11) is 0. The zero-order valence-corrected chi connectivity index (χ0v) is 12.2. The summed E-state index contributed by atoms with van der Waals surface area (Å²) in [5.74, 6) is -0.279. The van der Waals surface area contributed by atoms with Crippen LogP contribution in [0.1, 0.15) is 48.0 Å². The maximum absolute atomic E-state index is 12.4. The number of hydrogen-bond acceptors (Lipinski definition) is 4. The van der Waals surface area contributed by atoms with E-state index in [0.717, 1.165) is 37.7 Å². The van der Waals surface area contributed by atoms with Gasteiger partial charge in [0.2, 0.25) is 0 Å². The summed E-state index contributed by atoms with van der Waals surface area (Å²) in [5, 5.41) is 13.8. The molecular weight excluding hydrogens is 270 g/mol. The molecule has 1 amide bonds. The van der Waals surface area contributed by atoms with Gasteiger partial charge in [-0.25, -0.2) is 0 Å². The standard InChI is InChI=1S/C15H21N3O3/c1-10-7-8-11(18(20)21)9-12(10)15(19)17-14-6-4-2-3-5-13(14)16/h7-9,13-14H,2-6,16H2,1H3,(H,17,19). The van der Waals surface area contributed by atoms with Gasteiger partial charge in [0, 0.05) is 29.8 Å². The minimum atomic E-state index is -0.492. The molecule has 0 bridgehead atoms. The molecule has 0 heterocycles. The highest BCUT2D eigenvalue weighted by Crippen LogP contribution is 2.20. The number of nitrogens with two attached hydrogens (primary N) is 1. The number of nitro groups is 1. The number of nitro benzene ring substituents is 1. The molecule has 0 aromatic heterocycles. The molecule has 1 aromatic rings. The Hall–Kier alpha value is -1.95. The van der Waals surface area contributed by atoms with E-state index in [1.165, 1.54) is 12.1 Å². The van der Waals surface area contributed by atoms with E-state index in [1.807, 2.05) is 0 Å². The Morgan fingerprint density at radius 1 is 1.33 bits per heavy atom. The predicted molar refractivity (Wildman–Crippen MR) is 80.1 cm³/mol. The van der Waals surface area contributed by atoms with Crippen LogP contribution in [-0.4, -0.2) is 22.9 Å². The molecule has 2 unspecified atom stereocenters. The molecular formula is C15H21N3O3. The third-order valence-corrected chi connectivity index (χ3v) is 4.06. The largest absolute Gasteiger partial charge is 0.348 e. The molecule has 0 aliphatic heterocycles. The second-order valence-corrected chi connectivity index (χ2v) is 5.64. The summed E-state index contributed by atoms with van der Waals surface area (Å²) in [6.45, 7) is 1.77. The molecule has 6 nitrogen and oxygen atoms in total. The minimum absolute atomic E-state index is 0.0459. The monoisotopic (exact) mass is 291 g/mol. The number of hydrogen-bond donors (Lipinski definition) is 2. The molecule has 1 aromatic carbocycles. The normalized spacial score (nSPS) is 22.4. The number of carbonyl (C=O) groups excluding carboxylic acids is 1. The predicted octanol–water partition coefficient (Wildman–Crippen LogP) is 2.29. The topological polar surface area (TPSA) is 98.3 Å². The molecule has 2 atom stereocenters. The Bertz CT molecular complexity index is 545. The average molecular weight is 291 g/mol. The van der Waals surface area contributed by atoms with E-state index in [2.05, 4.69) is 5.32 Å². The van der Waals surface area contributed by atoms with E-state index in [-0.39, 0.29) is 23.7 Å². The van der Waals surface area contributed by atoms with Crippen molar-refractivity contribution in [1.82, 2.24) is 5.32 Å². The molecule has 1 aliphatic rings. The van der Waals surface area contributed by atoms with Gasteiger partial charge in [0.05, 0.1) is 4.92 Å². The lowest BCUT2D eigenvalue weighted by Crippen LogP contribution is -2.47. The number of non-ortho nitro benzene ring substituents is 1. The number of aryl methyl sites for hydroxylation is 1. The zero-order valence-electron chi connectivity index (χ0n) is 12.2. The summed E-state index contributed by atoms with van der Waals surface area (Å²) in [6, 6.07) is 4.23. The van der Waals surface area contributed by atoms with Crippen LogP contribution in [0.5, 0.6) is 0 Å². The maximum Gasteiger partial charge on any atom is 0.270 e. The molecule has 0 radical (unpaired) electrons. The van der Waals surface area contributed by atoms with Crippen LogP contribution in [0.25, 0.3) is 0 Å². The fourth-order valence-electron chi connectivity index (χ4n) is 2.73. The third kappa shape index (κ3) is 3.78. The molecule has 1 saturated carbocycles. The van der Waals surface area contributed by atoms with Gasteiger partial charge in [0.25, 0.3) is 11.6 Å². The lowest BCUT2D eigenvalue weighted by atomic mass is 10.0. The van der Waals surface area contributed by atoms with E-state index in [9.17, 15) is 14.9 Å². The van der Waals surface area contributed by atoms with Crippen molar-refractivity contribution in [2.24, 2.45) is 5.73 Å². The highest BCUT2D eigenvalue weighted by molar-refractivity contribution is 5.96. The molecule has 1 aliphatic carbocycles.